The molecule has 2 unspecified atom stereocenters. The normalized spacial score (nSPS) is 14.3. The fourth-order valence-electron chi connectivity index (χ4n) is 4.02. The molecule has 0 aliphatic heterocycles. The summed E-state index contributed by atoms with van der Waals surface area (Å²) in [6.07, 6.45) is 32.7. The second kappa shape index (κ2) is 30.3. The summed E-state index contributed by atoms with van der Waals surface area (Å²) in [5.41, 5.74) is 0. The van der Waals surface area contributed by atoms with Crippen molar-refractivity contribution in [3.8, 4) is 0 Å². The van der Waals surface area contributed by atoms with E-state index in [0.717, 1.165) is 90.4 Å². The van der Waals surface area contributed by atoms with Gasteiger partial charge in [0.05, 0.1) is 12.2 Å². The van der Waals surface area contributed by atoms with Gasteiger partial charge >= 0.3 is 0 Å². The highest BCUT2D eigenvalue weighted by molar-refractivity contribution is 4.93. The third-order valence-corrected chi connectivity index (χ3v) is 6.54. The molecule has 0 rings (SSSR count). The lowest BCUT2D eigenvalue weighted by Crippen LogP contribution is -2.38. The molecule has 0 saturated carbocycles. The molecule has 0 aromatic carbocycles. The lowest BCUT2D eigenvalue weighted by atomic mass is 10.1. The van der Waals surface area contributed by atoms with E-state index in [2.05, 4.69) is 85.0 Å². The first-order valence-corrected chi connectivity index (χ1v) is 15.7. The van der Waals surface area contributed by atoms with Crippen molar-refractivity contribution in [1.82, 2.24) is 15.5 Å². The van der Waals surface area contributed by atoms with Crippen LogP contribution in [0.25, 0.3) is 0 Å². The fraction of sp³-hybridized carbons (Fsp3) is 0.758. The van der Waals surface area contributed by atoms with Crippen molar-refractivity contribution >= 4 is 0 Å². The van der Waals surface area contributed by atoms with Crippen molar-refractivity contribution < 1.29 is 10.2 Å². The molecule has 0 aromatic rings. The number of hydrogen-bond acceptors (Lipinski definition) is 5. The molecule has 0 fully saturated rings. The molecule has 0 amide bonds. The molecule has 0 radical (unpaired) electrons. The molecular formula is C33H63N3O2. The van der Waals surface area contributed by atoms with E-state index < -0.39 is 0 Å². The molecule has 0 aromatic heterocycles. The van der Waals surface area contributed by atoms with Crippen LogP contribution in [0.5, 0.6) is 0 Å². The Hall–Kier alpha value is -1.24. The number of hydrogen-bond donors (Lipinski definition) is 4. The Morgan fingerprint density at radius 1 is 0.579 bits per heavy atom. The number of likely N-dealkylation sites (N-methyl/N-ethyl adjacent to an activating group) is 1. The summed E-state index contributed by atoms with van der Waals surface area (Å²) in [5.74, 6) is 0. The molecule has 0 spiro atoms. The van der Waals surface area contributed by atoms with Crippen molar-refractivity contribution in [2.75, 3.05) is 46.3 Å². The van der Waals surface area contributed by atoms with Gasteiger partial charge in [0.1, 0.15) is 0 Å². The zero-order chi connectivity index (χ0) is 27.9. The molecule has 0 aliphatic carbocycles. The zero-order valence-electron chi connectivity index (χ0n) is 25.3. The van der Waals surface area contributed by atoms with Crippen LogP contribution in [0.15, 0.2) is 48.6 Å². The Morgan fingerprint density at radius 2 is 0.974 bits per heavy atom. The predicted octanol–water partition coefficient (Wildman–Crippen LogP) is 6.55. The number of aliphatic hydroxyl groups excluding tert-OH is 2. The standard InChI is InChI=1S/C33H63N3O2/c1-4-6-8-10-12-14-16-18-20-22-24-32(37)30-34-26-28-36(3)29-27-35-31-33(38)25-23-21-19-17-15-13-11-9-7-5-2/h8-11,14-17,32-35,37-38H,4-7,12-13,18-31H2,1-3H3/b10-8-,11-9-,16-14-,17-15-. The third-order valence-electron chi connectivity index (χ3n) is 6.54. The van der Waals surface area contributed by atoms with Crippen molar-refractivity contribution in [1.29, 1.82) is 0 Å². The number of rotatable bonds is 28. The Kier molecular flexibility index (Phi) is 29.3. The second-order valence-corrected chi connectivity index (χ2v) is 10.5. The van der Waals surface area contributed by atoms with Gasteiger partial charge in [0.15, 0.2) is 0 Å². The van der Waals surface area contributed by atoms with Gasteiger partial charge in [-0.2, -0.15) is 0 Å². The van der Waals surface area contributed by atoms with Gasteiger partial charge in [0.2, 0.25) is 0 Å². The average Bonchev–Trinajstić information content (AvgIpc) is 2.91. The van der Waals surface area contributed by atoms with Gasteiger partial charge in [-0.05, 0) is 71.3 Å². The highest BCUT2D eigenvalue weighted by Gasteiger charge is 2.05. The Balaban J connectivity index is 3.50. The molecule has 2 atom stereocenters. The molecular weight excluding hydrogens is 470 g/mol. The summed E-state index contributed by atoms with van der Waals surface area (Å²) in [6, 6.07) is 0. The minimum Gasteiger partial charge on any atom is -0.392 e. The van der Waals surface area contributed by atoms with E-state index in [1.807, 2.05) is 0 Å². The smallest absolute Gasteiger partial charge is 0.0664 e. The van der Waals surface area contributed by atoms with E-state index in [0.29, 0.717) is 13.1 Å². The number of nitrogens with zero attached hydrogens (tertiary/aromatic N) is 1. The van der Waals surface area contributed by atoms with Gasteiger partial charge in [-0.3, -0.25) is 0 Å². The lowest BCUT2D eigenvalue weighted by molar-refractivity contribution is 0.155. The molecule has 4 N–H and O–H groups in total. The molecule has 0 heterocycles. The van der Waals surface area contributed by atoms with Crippen molar-refractivity contribution in [2.45, 2.75) is 116 Å². The maximum Gasteiger partial charge on any atom is 0.0664 e. The SMILES string of the molecule is CCC/C=C\C/C=C\CCCCC(O)CNCCN(C)CCNCC(O)CCCC/C=C\C/C=C\CCC. The minimum atomic E-state index is -0.256. The highest BCUT2D eigenvalue weighted by Crippen LogP contribution is 2.06. The molecule has 5 nitrogen and oxygen atoms in total. The van der Waals surface area contributed by atoms with Gasteiger partial charge < -0.3 is 25.7 Å². The molecule has 0 bridgehead atoms. The molecule has 5 heteroatoms. The zero-order valence-corrected chi connectivity index (χ0v) is 25.3. The summed E-state index contributed by atoms with van der Waals surface area (Å²) in [5, 5.41) is 27.1. The first-order valence-electron chi connectivity index (χ1n) is 15.7. The van der Waals surface area contributed by atoms with Crippen LogP contribution in [-0.4, -0.2) is 73.6 Å². The van der Waals surface area contributed by atoms with E-state index >= 15 is 0 Å². The van der Waals surface area contributed by atoms with Gasteiger partial charge in [-0.25, -0.2) is 0 Å². The number of unbranched alkanes of at least 4 members (excludes halogenated alkanes) is 6. The predicted molar refractivity (Wildman–Crippen MR) is 168 cm³/mol. The second-order valence-electron chi connectivity index (χ2n) is 10.5. The van der Waals surface area contributed by atoms with Crippen molar-refractivity contribution in [2.24, 2.45) is 0 Å². The van der Waals surface area contributed by atoms with Crippen LogP contribution in [0.2, 0.25) is 0 Å². The van der Waals surface area contributed by atoms with Crippen LogP contribution in [0.4, 0.5) is 0 Å². The van der Waals surface area contributed by atoms with Gasteiger partial charge in [0.25, 0.3) is 0 Å². The van der Waals surface area contributed by atoms with Crippen LogP contribution in [0.1, 0.15) is 104 Å². The quantitative estimate of drug-likeness (QED) is 0.0679. The van der Waals surface area contributed by atoms with Crippen LogP contribution >= 0.6 is 0 Å². The summed E-state index contributed by atoms with van der Waals surface area (Å²) >= 11 is 0. The molecule has 0 saturated heterocycles. The van der Waals surface area contributed by atoms with Gasteiger partial charge in [0, 0.05) is 39.3 Å². The Labute approximate surface area is 236 Å². The van der Waals surface area contributed by atoms with Crippen molar-refractivity contribution in [3.05, 3.63) is 48.6 Å². The topological polar surface area (TPSA) is 67.8 Å². The Morgan fingerprint density at radius 3 is 1.37 bits per heavy atom. The van der Waals surface area contributed by atoms with E-state index in [-0.39, 0.29) is 12.2 Å². The van der Waals surface area contributed by atoms with E-state index in [1.165, 1.54) is 25.7 Å². The van der Waals surface area contributed by atoms with E-state index in [1.54, 1.807) is 0 Å². The summed E-state index contributed by atoms with van der Waals surface area (Å²) in [7, 11) is 2.12. The number of aliphatic hydroxyl groups is 2. The summed E-state index contributed by atoms with van der Waals surface area (Å²) in [6.45, 7) is 9.42. The number of allylic oxidation sites excluding steroid dienone is 8. The lowest BCUT2D eigenvalue weighted by Gasteiger charge is -2.19. The highest BCUT2D eigenvalue weighted by atomic mass is 16.3. The monoisotopic (exact) mass is 533 g/mol. The summed E-state index contributed by atoms with van der Waals surface area (Å²) < 4.78 is 0. The average molecular weight is 534 g/mol. The minimum absolute atomic E-state index is 0.256. The first kappa shape index (κ1) is 36.8. The third kappa shape index (κ3) is 29.3. The van der Waals surface area contributed by atoms with E-state index in [4.69, 9.17) is 0 Å². The van der Waals surface area contributed by atoms with Crippen LogP contribution < -0.4 is 10.6 Å². The maximum absolute atomic E-state index is 10.2. The van der Waals surface area contributed by atoms with Crippen LogP contribution in [-0.2, 0) is 0 Å². The number of nitrogens with one attached hydrogen (secondary N) is 2. The largest absolute Gasteiger partial charge is 0.392 e. The fourth-order valence-corrected chi connectivity index (χ4v) is 4.02. The van der Waals surface area contributed by atoms with E-state index in [9.17, 15) is 10.2 Å². The summed E-state index contributed by atoms with van der Waals surface area (Å²) in [4.78, 5) is 2.28. The van der Waals surface area contributed by atoms with Gasteiger partial charge in [-0.1, -0.05) is 88.1 Å². The van der Waals surface area contributed by atoms with Crippen LogP contribution in [0.3, 0.4) is 0 Å². The van der Waals surface area contributed by atoms with Gasteiger partial charge in [-0.15, -0.1) is 0 Å². The first-order chi connectivity index (χ1) is 18.6. The molecule has 0 aliphatic rings. The maximum atomic E-state index is 10.2. The molecule has 222 valence electrons. The van der Waals surface area contributed by atoms with Crippen LogP contribution in [0, 0.1) is 0 Å². The Bertz CT molecular complexity index is 539. The molecule has 38 heavy (non-hydrogen) atoms. The van der Waals surface area contributed by atoms with Crippen molar-refractivity contribution in [3.63, 3.8) is 0 Å².